The fourth-order valence-electron chi connectivity index (χ4n) is 8.35. The lowest BCUT2D eigenvalue weighted by molar-refractivity contribution is -0.144. The quantitative estimate of drug-likeness (QED) is 0.0181. The van der Waals surface area contributed by atoms with E-state index in [1.54, 1.807) is 41.5 Å². The van der Waals surface area contributed by atoms with Crippen LogP contribution < -0.4 is 70.8 Å². The molecule has 1 fully saturated rings. The molecule has 2 rings (SSSR count). The molecule has 1 heterocycles. The number of primary amides is 2. The lowest BCUT2D eigenvalue weighted by Gasteiger charge is -2.33. The number of guanidine groups is 1. The van der Waals surface area contributed by atoms with E-state index in [1.807, 2.05) is 0 Å². The first kappa shape index (κ1) is 68.0. The van der Waals surface area contributed by atoms with E-state index in [4.69, 9.17) is 28.3 Å². The molecule has 1 aliphatic heterocycles. The van der Waals surface area contributed by atoms with Crippen LogP contribution in [0.2, 0.25) is 0 Å². The molecule has 0 unspecified atom stereocenters. The molecule has 11 amide bonds. The molecule has 0 aliphatic carbocycles. The highest BCUT2D eigenvalue weighted by Gasteiger charge is 2.42. The van der Waals surface area contributed by atoms with E-state index in [0.717, 1.165) is 0 Å². The highest BCUT2D eigenvalue weighted by atomic mass is 16.4. The smallest absolute Gasteiger partial charge is 0.326 e. The van der Waals surface area contributed by atoms with Gasteiger partial charge in [-0.15, -0.1) is 0 Å². The molecule has 1 aromatic rings. The maximum atomic E-state index is 14.5. The Morgan fingerprint density at radius 1 is 0.625 bits per heavy atom. The molecule has 0 saturated carbocycles. The summed E-state index contributed by atoms with van der Waals surface area (Å²) in [6, 6.07) is -7.91. The highest BCUT2D eigenvalue weighted by molar-refractivity contribution is 6.00. The van der Waals surface area contributed by atoms with Crippen LogP contribution in [0.4, 0.5) is 0 Å². The Labute approximate surface area is 464 Å². The fourth-order valence-corrected chi connectivity index (χ4v) is 8.35. The number of carboxylic acid groups (broad SMARTS) is 1. The van der Waals surface area contributed by atoms with Crippen molar-refractivity contribution in [2.45, 2.75) is 174 Å². The molecular formula is C51H83N15O14. The van der Waals surface area contributed by atoms with Gasteiger partial charge in [0.1, 0.15) is 60.1 Å². The Morgan fingerprint density at radius 3 is 1.61 bits per heavy atom. The summed E-state index contributed by atoms with van der Waals surface area (Å²) in [5.74, 6) is -13.4. The van der Waals surface area contributed by atoms with Crippen LogP contribution in [0.25, 0.3) is 0 Å². The number of aromatic hydroxyl groups is 1. The second-order valence-corrected chi connectivity index (χ2v) is 20.5. The first-order chi connectivity index (χ1) is 37.4. The van der Waals surface area contributed by atoms with E-state index in [9.17, 15) is 67.7 Å². The molecule has 1 aliphatic rings. The zero-order chi connectivity index (χ0) is 60.7. The van der Waals surface area contributed by atoms with Gasteiger partial charge in [0.05, 0.1) is 18.9 Å². The molecule has 0 spiro atoms. The van der Waals surface area contributed by atoms with Crippen LogP contribution in [-0.4, -0.2) is 166 Å². The van der Waals surface area contributed by atoms with Crippen LogP contribution in [0, 0.1) is 23.2 Å². The van der Waals surface area contributed by atoms with Crippen LogP contribution in [0.15, 0.2) is 24.3 Å². The van der Waals surface area contributed by atoms with E-state index in [-0.39, 0.29) is 50.5 Å². The number of carbonyl (C=O) groups is 12. The third-order valence-corrected chi connectivity index (χ3v) is 13.5. The van der Waals surface area contributed by atoms with Crippen LogP contribution in [0.1, 0.15) is 112 Å². The zero-order valence-electron chi connectivity index (χ0n) is 46.6. The summed E-state index contributed by atoms with van der Waals surface area (Å²) < 4.78 is 0. The zero-order valence-corrected chi connectivity index (χ0v) is 46.6. The Morgan fingerprint density at radius 2 is 1.11 bits per heavy atom. The Bertz CT molecular complexity index is 2390. The van der Waals surface area contributed by atoms with Crippen LogP contribution in [-0.2, 0) is 64.0 Å². The number of carboxylic acids is 1. The molecule has 29 heteroatoms. The van der Waals surface area contributed by atoms with Crippen molar-refractivity contribution in [3.63, 3.8) is 0 Å². The number of nitrogens with two attached hydrogens (primary N) is 4. The fraction of sp³-hybridized carbons (Fsp3) is 0.627. The second kappa shape index (κ2) is 32.7. The minimum atomic E-state index is -1.70. The number of carbonyl (C=O) groups excluding carboxylic acids is 11. The summed E-state index contributed by atoms with van der Waals surface area (Å²) in [4.78, 5) is 162. The summed E-state index contributed by atoms with van der Waals surface area (Å²) in [5, 5.41) is 49.2. The third-order valence-electron chi connectivity index (χ3n) is 13.5. The topological polar surface area (TPSA) is 485 Å². The Balaban J connectivity index is 2.32. The Hall–Kier alpha value is -8.11. The van der Waals surface area contributed by atoms with Crippen molar-refractivity contribution in [2.75, 3.05) is 13.1 Å². The van der Waals surface area contributed by atoms with Gasteiger partial charge in [-0.1, -0.05) is 66.5 Å². The van der Waals surface area contributed by atoms with E-state index in [0.29, 0.717) is 24.8 Å². The molecular weight excluding hydrogens is 1050 g/mol. The van der Waals surface area contributed by atoms with Crippen molar-refractivity contribution in [1.29, 1.82) is 5.41 Å². The van der Waals surface area contributed by atoms with Crippen LogP contribution >= 0.6 is 0 Å². The molecule has 0 aromatic heterocycles. The van der Waals surface area contributed by atoms with Gasteiger partial charge in [0, 0.05) is 19.5 Å². The van der Waals surface area contributed by atoms with E-state index in [2.05, 4.69) is 47.9 Å². The summed E-state index contributed by atoms with van der Waals surface area (Å²) in [6.07, 6.45) is -0.363. The number of rotatable bonds is 33. The van der Waals surface area contributed by atoms with E-state index in [1.165, 1.54) is 43.0 Å². The lowest BCUT2D eigenvalue weighted by Crippen LogP contribution is -2.62. The van der Waals surface area contributed by atoms with Crippen molar-refractivity contribution < 1.29 is 67.7 Å². The molecule has 1 saturated heterocycles. The molecule has 80 heavy (non-hydrogen) atoms. The number of hydrogen-bond acceptors (Lipinski definition) is 15. The first-order valence-corrected chi connectivity index (χ1v) is 26.6. The van der Waals surface area contributed by atoms with Gasteiger partial charge < -0.3 is 85.9 Å². The van der Waals surface area contributed by atoms with Gasteiger partial charge in [-0.05, 0) is 75.0 Å². The maximum absolute atomic E-state index is 14.5. The second-order valence-electron chi connectivity index (χ2n) is 20.5. The number of amides is 11. The van der Waals surface area contributed by atoms with Gasteiger partial charge in [-0.25, -0.2) is 4.79 Å². The van der Waals surface area contributed by atoms with E-state index >= 15 is 0 Å². The van der Waals surface area contributed by atoms with Gasteiger partial charge in [0.2, 0.25) is 65.0 Å². The molecule has 0 radical (unpaired) electrons. The molecule has 1 aromatic carbocycles. The van der Waals surface area contributed by atoms with Crippen molar-refractivity contribution in [3.8, 4) is 5.75 Å². The molecule has 12 atom stereocenters. The largest absolute Gasteiger partial charge is 0.508 e. The minimum absolute atomic E-state index is 0.0388. The number of hydrogen-bond donors (Lipinski definition) is 16. The molecule has 0 bridgehead atoms. The summed E-state index contributed by atoms with van der Waals surface area (Å²) in [5.41, 5.74) is 22.5. The number of phenols is 1. The first-order valence-electron chi connectivity index (χ1n) is 26.6. The van der Waals surface area contributed by atoms with Crippen molar-refractivity contribution in [3.05, 3.63) is 29.8 Å². The van der Waals surface area contributed by atoms with Crippen LogP contribution in [0.5, 0.6) is 5.75 Å². The van der Waals surface area contributed by atoms with Crippen molar-refractivity contribution >= 4 is 76.9 Å². The predicted octanol–water partition coefficient (Wildman–Crippen LogP) is -3.98. The van der Waals surface area contributed by atoms with Gasteiger partial charge in [-0.3, -0.25) is 58.1 Å². The number of aliphatic carboxylic acids is 1. The minimum Gasteiger partial charge on any atom is -0.508 e. The molecule has 20 N–H and O–H groups in total. The average molecular weight is 1130 g/mol. The van der Waals surface area contributed by atoms with Crippen LogP contribution in [0.3, 0.4) is 0 Å². The van der Waals surface area contributed by atoms with Gasteiger partial charge in [-0.2, -0.15) is 0 Å². The lowest BCUT2D eigenvalue weighted by atomic mass is 9.96. The van der Waals surface area contributed by atoms with Gasteiger partial charge >= 0.3 is 5.97 Å². The Kier molecular flexibility index (Phi) is 27.8. The van der Waals surface area contributed by atoms with Gasteiger partial charge in [0.15, 0.2) is 5.96 Å². The molecule has 29 nitrogen and oxygen atoms in total. The normalized spacial score (nSPS) is 17.1. The van der Waals surface area contributed by atoms with E-state index < -0.39 is 162 Å². The number of nitrogens with one attached hydrogen (secondary N) is 10. The van der Waals surface area contributed by atoms with Crippen molar-refractivity contribution in [2.24, 2.45) is 40.7 Å². The number of likely N-dealkylation sites (tertiary alicyclic amines) is 1. The number of phenolic OH excluding ortho intramolecular Hbond substituents is 1. The molecule has 446 valence electrons. The third kappa shape index (κ3) is 22.0. The number of nitrogens with zero attached hydrogens (tertiary/aromatic N) is 1. The monoisotopic (exact) mass is 1130 g/mol. The van der Waals surface area contributed by atoms with Crippen molar-refractivity contribution in [1.82, 2.24) is 52.8 Å². The summed E-state index contributed by atoms with van der Waals surface area (Å²) >= 11 is 0. The predicted molar refractivity (Wildman–Crippen MR) is 289 cm³/mol. The SMILES string of the molecule is CC[C@H](C)[C@H](NC(=O)[C@H](CC(N)=O)NC(=O)[C@@H](NC(=O)[C@@H]1CCCN1C(=O)[C@@H](NC(=O)[C@H](CC(N)=O)NC(=O)[C@H](Cc1ccc(O)cc1)NC(=O)[C@H](C)N)[C@@H](C)CC)C(C)C)C(=O)N[C@@H](C)C(=O)N[C@@H](CCCNC(=N)N)C(=O)O. The summed E-state index contributed by atoms with van der Waals surface area (Å²) in [6.45, 7) is 12.8. The highest BCUT2D eigenvalue weighted by Crippen LogP contribution is 2.23. The summed E-state index contributed by atoms with van der Waals surface area (Å²) in [7, 11) is 0. The maximum Gasteiger partial charge on any atom is 0.326 e. The standard InChI is InChI=1S/C51H83N15O14/c1-9-25(5)39(48(77)58-28(8)42(71)59-31(50(79)80)13-11-19-57-51(55)56)64-44(73)34(23-37(54)69)62-47(76)38(24(3)4)63-46(75)35-14-12-20-66(35)49(78)40(26(6)10-2)65-45(74)33(22-36(53)68)61-43(72)32(60-41(70)27(7)52)21-29-15-17-30(67)18-16-29/h15-18,24-28,31-35,38-40,67H,9-14,19-23,52H2,1-8H3,(H2,53,68)(H2,54,69)(H,58,77)(H,59,71)(H,60,70)(H,61,72)(H,62,76)(H,63,75)(H,64,73)(H,65,74)(H,79,80)(H4,55,56,57)/t25-,26-,27-,28-,31-,32-,33-,34-,35-,38-,39-,40-/m0/s1. The average Bonchev–Trinajstić information content (AvgIpc) is 3.88. The number of benzene rings is 1. The van der Waals surface area contributed by atoms with Gasteiger partial charge in [0.25, 0.3) is 0 Å².